The van der Waals surface area contributed by atoms with Crippen molar-refractivity contribution in [3.63, 3.8) is 0 Å². The van der Waals surface area contributed by atoms with Crippen LogP contribution in [-0.2, 0) is 61.3 Å². The van der Waals surface area contributed by atoms with Crippen molar-refractivity contribution in [2.45, 2.75) is 64.8 Å². The minimum atomic E-state index is -2.55. The molecule has 0 amide bonds. The van der Waals surface area contributed by atoms with Crippen LogP contribution in [0.25, 0.3) is 0 Å². The molecule has 0 bridgehead atoms. The van der Waals surface area contributed by atoms with Crippen LogP contribution in [0.15, 0.2) is 60.7 Å². The summed E-state index contributed by atoms with van der Waals surface area (Å²) < 4.78 is 67.6. The molecule has 0 atom stereocenters. The van der Waals surface area contributed by atoms with Crippen molar-refractivity contribution in [3.8, 4) is 0 Å². The van der Waals surface area contributed by atoms with Crippen LogP contribution in [-0.4, -0.2) is 160 Å². The first-order chi connectivity index (χ1) is 28.9. The molecule has 0 aliphatic heterocycles. The number of hydrogen-bond acceptors (Lipinski definition) is 13. The van der Waals surface area contributed by atoms with Gasteiger partial charge in [0.1, 0.15) is 6.61 Å². The fraction of sp³-hybridized carbons (Fsp3) is 0.711. The molecule has 13 nitrogen and oxygen atoms in total. The van der Waals surface area contributed by atoms with Crippen LogP contribution < -0.4 is 10.4 Å². The fourth-order valence-electron chi connectivity index (χ4n) is 6.08. The second-order valence-corrected chi connectivity index (χ2v) is 19.0. The molecule has 0 heterocycles. The molecule has 2 aromatic carbocycles. The Bertz CT molecular complexity index is 1180. The molecule has 0 saturated heterocycles. The maximum atomic E-state index is 11.6. The summed E-state index contributed by atoms with van der Waals surface area (Å²) in [7, 11) is -2.55. The average Bonchev–Trinajstić information content (AvgIpc) is 3.24. The number of esters is 1. The van der Waals surface area contributed by atoms with Gasteiger partial charge in [0.05, 0.1) is 139 Å². The van der Waals surface area contributed by atoms with E-state index in [0.717, 1.165) is 25.7 Å². The Morgan fingerprint density at radius 3 is 1.03 bits per heavy atom. The summed E-state index contributed by atoms with van der Waals surface area (Å²) in [6.45, 7) is 19.5. The van der Waals surface area contributed by atoms with E-state index in [-0.39, 0.29) is 17.6 Å². The third kappa shape index (κ3) is 25.9. The van der Waals surface area contributed by atoms with Crippen LogP contribution in [0.5, 0.6) is 0 Å². The third-order valence-electron chi connectivity index (χ3n) is 9.04. The highest BCUT2D eigenvalue weighted by atomic mass is 28.4. The Kier molecular flexibility index (Phi) is 32.5. The van der Waals surface area contributed by atoms with Gasteiger partial charge >= 0.3 is 5.97 Å². The van der Waals surface area contributed by atoms with Crippen LogP contribution >= 0.6 is 0 Å². The molecule has 2 rings (SSSR count). The SMILES string of the molecule is CCCCCCC(=O)OCCOCCOCCOCCOCCOCCOCCOCCOCCOCCOCCO[Si](c1ccccc1)(c1ccccc1)C(C)(C)C. The van der Waals surface area contributed by atoms with E-state index in [1.807, 2.05) is 0 Å². The summed E-state index contributed by atoms with van der Waals surface area (Å²) in [5.41, 5.74) is 0. The first-order valence-corrected chi connectivity index (χ1v) is 23.5. The predicted molar refractivity (Wildman–Crippen MR) is 231 cm³/mol. The number of hydrogen-bond donors (Lipinski definition) is 0. The van der Waals surface area contributed by atoms with Crippen molar-refractivity contribution in [3.05, 3.63) is 60.7 Å². The molecule has 0 aliphatic carbocycles. The van der Waals surface area contributed by atoms with E-state index in [2.05, 4.69) is 88.4 Å². The molecule has 59 heavy (non-hydrogen) atoms. The number of carbonyl (C=O) groups is 1. The molecular formula is C45H76O13Si. The zero-order valence-electron chi connectivity index (χ0n) is 36.7. The van der Waals surface area contributed by atoms with Gasteiger partial charge in [-0.2, -0.15) is 0 Å². The van der Waals surface area contributed by atoms with E-state index >= 15 is 0 Å². The minimum Gasteiger partial charge on any atom is -0.463 e. The van der Waals surface area contributed by atoms with Crippen LogP contribution in [0.2, 0.25) is 5.04 Å². The minimum absolute atomic E-state index is 0.0605. The lowest BCUT2D eigenvalue weighted by Crippen LogP contribution is -2.66. The lowest BCUT2D eigenvalue weighted by atomic mass is 10.2. The summed E-state index contributed by atoms with van der Waals surface area (Å²) in [4.78, 5) is 11.6. The molecule has 0 aliphatic rings. The summed E-state index contributed by atoms with van der Waals surface area (Å²) in [6, 6.07) is 21.3. The van der Waals surface area contributed by atoms with Gasteiger partial charge < -0.3 is 56.5 Å². The molecule has 0 saturated carbocycles. The standard InChI is InChI=1S/C45H76O13Si/c1-5-6-7-14-19-44(46)57-40-38-55-36-34-53-32-30-51-28-26-49-24-22-47-20-21-48-23-25-50-27-29-52-31-33-54-35-37-56-39-41-58-59(45(2,3)4,42-15-10-8-11-16-42)43-17-12-9-13-18-43/h8-13,15-18H,5-7,14,19-41H2,1-4H3. The highest BCUT2D eigenvalue weighted by Gasteiger charge is 2.50. The zero-order valence-corrected chi connectivity index (χ0v) is 37.7. The first-order valence-electron chi connectivity index (χ1n) is 21.6. The predicted octanol–water partition coefficient (Wildman–Crippen LogP) is 5.24. The highest BCUT2D eigenvalue weighted by Crippen LogP contribution is 2.36. The fourth-order valence-corrected chi connectivity index (χ4v) is 10.6. The van der Waals surface area contributed by atoms with E-state index in [1.54, 1.807) is 0 Å². The van der Waals surface area contributed by atoms with Crippen molar-refractivity contribution in [2.75, 3.05) is 145 Å². The van der Waals surface area contributed by atoms with Crippen molar-refractivity contribution in [1.29, 1.82) is 0 Å². The first kappa shape index (κ1) is 52.8. The van der Waals surface area contributed by atoms with Gasteiger partial charge in [0.2, 0.25) is 0 Å². The maximum Gasteiger partial charge on any atom is 0.305 e. The van der Waals surface area contributed by atoms with E-state index in [1.165, 1.54) is 10.4 Å². The quantitative estimate of drug-likeness (QED) is 0.0492. The monoisotopic (exact) mass is 853 g/mol. The van der Waals surface area contributed by atoms with E-state index in [0.29, 0.717) is 145 Å². The van der Waals surface area contributed by atoms with Crippen LogP contribution in [0, 0.1) is 0 Å². The molecule has 0 aromatic heterocycles. The topological polar surface area (TPSA) is 128 Å². The second-order valence-electron chi connectivity index (χ2n) is 14.7. The van der Waals surface area contributed by atoms with Crippen molar-refractivity contribution in [2.24, 2.45) is 0 Å². The Morgan fingerprint density at radius 2 is 0.729 bits per heavy atom. The van der Waals surface area contributed by atoms with Gasteiger partial charge in [0.25, 0.3) is 8.32 Å². The molecule has 0 spiro atoms. The summed E-state index contributed by atoms with van der Waals surface area (Å²) >= 11 is 0. The van der Waals surface area contributed by atoms with Gasteiger partial charge in [0, 0.05) is 6.42 Å². The summed E-state index contributed by atoms with van der Waals surface area (Å²) in [5, 5.41) is 2.47. The van der Waals surface area contributed by atoms with Gasteiger partial charge in [-0.25, -0.2) is 0 Å². The number of rotatable bonds is 41. The zero-order chi connectivity index (χ0) is 42.4. The van der Waals surface area contributed by atoms with Gasteiger partial charge in [0.15, 0.2) is 0 Å². The van der Waals surface area contributed by atoms with E-state index in [4.69, 9.17) is 56.5 Å². The Labute approximate surface area is 356 Å². The molecule has 0 N–H and O–H groups in total. The highest BCUT2D eigenvalue weighted by molar-refractivity contribution is 6.99. The lowest BCUT2D eigenvalue weighted by molar-refractivity contribution is -0.145. The number of carbonyl (C=O) groups excluding carboxylic acids is 1. The molecule has 2 aromatic rings. The Hall–Kier alpha value is -2.31. The van der Waals surface area contributed by atoms with Gasteiger partial charge in [-0.15, -0.1) is 0 Å². The molecule has 338 valence electrons. The number of unbranched alkanes of at least 4 members (excludes halogenated alkanes) is 3. The number of ether oxygens (including phenoxy) is 11. The molecular weight excluding hydrogens is 777 g/mol. The van der Waals surface area contributed by atoms with Gasteiger partial charge in [-0.3, -0.25) is 4.79 Å². The molecule has 0 radical (unpaired) electrons. The van der Waals surface area contributed by atoms with Crippen LogP contribution in [0.4, 0.5) is 0 Å². The molecule has 0 unspecified atom stereocenters. The smallest absolute Gasteiger partial charge is 0.305 e. The van der Waals surface area contributed by atoms with Gasteiger partial charge in [-0.05, 0) is 21.8 Å². The molecule has 14 heteroatoms. The van der Waals surface area contributed by atoms with E-state index in [9.17, 15) is 4.79 Å². The number of benzene rings is 2. The Balaban J connectivity index is 1.27. The van der Waals surface area contributed by atoms with Crippen molar-refractivity contribution < 1.29 is 61.3 Å². The normalized spacial score (nSPS) is 12.0. The van der Waals surface area contributed by atoms with Crippen molar-refractivity contribution >= 4 is 24.7 Å². The molecule has 0 fully saturated rings. The second kappa shape index (κ2) is 36.4. The van der Waals surface area contributed by atoms with Crippen LogP contribution in [0.1, 0.15) is 59.8 Å². The largest absolute Gasteiger partial charge is 0.463 e. The lowest BCUT2D eigenvalue weighted by Gasteiger charge is -2.43. The summed E-state index contributed by atoms with van der Waals surface area (Å²) in [5.74, 6) is -0.153. The third-order valence-corrected chi connectivity index (χ3v) is 14.1. The Morgan fingerprint density at radius 1 is 0.424 bits per heavy atom. The van der Waals surface area contributed by atoms with Crippen molar-refractivity contribution in [1.82, 2.24) is 0 Å². The maximum absolute atomic E-state index is 11.6. The summed E-state index contributed by atoms with van der Waals surface area (Å²) in [6.07, 6.45) is 4.75. The van der Waals surface area contributed by atoms with Crippen LogP contribution in [0.3, 0.4) is 0 Å². The van der Waals surface area contributed by atoms with E-state index < -0.39 is 8.32 Å². The average molecular weight is 853 g/mol. The van der Waals surface area contributed by atoms with Gasteiger partial charge in [-0.1, -0.05) is 108 Å².